The summed E-state index contributed by atoms with van der Waals surface area (Å²) >= 11 is 0. The lowest BCUT2D eigenvalue weighted by Crippen LogP contribution is -2.40. The van der Waals surface area contributed by atoms with Gasteiger partial charge in [-0.3, -0.25) is 28.1 Å². The Morgan fingerprint density at radius 3 is 2.60 bits per heavy atom. The molecule has 3 aliphatic heterocycles. The van der Waals surface area contributed by atoms with Gasteiger partial charge >= 0.3 is 7.82 Å². The van der Waals surface area contributed by atoms with Crippen molar-refractivity contribution in [1.82, 2.24) is 4.90 Å². The average Bonchev–Trinajstić information content (AvgIpc) is 3.06. The van der Waals surface area contributed by atoms with Crippen molar-refractivity contribution in [3.8, 4) is 0 Å². The van der Waals surface area contributed by atoms with Gasteiger partial charge in [0.2, 0.25) is 11.7 Å². The number of carbonyl (C=O) groups is 2. The van der Waals surface area contributed by atoms with Gasteiger partial charge in [0.1, 0.15) is 30.1 Å². The van der Waals surface area contributed by atoms with Gasteiger partial charge in [-0.1, -0.05) is 0 Å². The molecule has 1 amide bonds. The summed E-state index contributed by atoms with van der Waals surface area (Å²) in [6.45, 7) is 0.606. The zero-order valence-corrected chi connectivity index (χ0v) is 16.6. The number of carbonyl (C=O) groups excluding carboxylic acids is 2. The Hall–Kier alpha value is -2.04. The number of benzene rings is 1. The molecule has 2 fully saturated rings. The van der Waals surface area contributed by atoms with Gasteiger partial charge in [0, 0.05) is 18.2 Å². The van der Waals surface area contributed by atoms with Crippen LogP contribution in [0.25, 0.3) is 0 Å². The predicted octanol–water partition coefficient (Wildman–Crippen LogP) is 3.04. The number of aryl methyl sites for hydroxylation is 1. The Morgan fingerprint density at radius 2 is 1.90 bits per heavy atom. The maximum Gasteiger partial charge on any atom is 0.475 e. The van der Waals surface area contributed by atoms with Crippen molar-refractivity contribution in [3.05, 3.63) is 46.9 Å². The molecule has 3 heterocycles. The molecule has 4 atom stereocenters. The molecule has 0 aliphatic carbocycles. The highest BCUT2D eigenvalue weighted by Crippen LogP contribution is 2.56. The van der Waals surface area contributed by atoms with Crippen LogP contribution in [0.5, 0.6) is 0 Å². The Bertz CT molecular complexity index is 962. The standard InChI is InChI=1S/C18H17F3NO7P/c1-9-2-11(19)10(12(20)3-9)7-26-30(25)27-8-16-15(29-30)5-18(28-16)22-6-13(21)14(23)4-17(22)24/h2-3,6,15-16,18H,4-5,7-8H2,1H3/t15-,16+,18+,30-/m0/s1. The summed E-state index contributed by atoms with van der Waals surface area (Å²) in [7, 11) is -4.16. The minimum absolute atomic E-state index is 0.0122. The lowest BCUT2D eigenvalue weighted by atomic mass is 10.1. The van der Waals surface area contributed by atoms with Crippen LogP contribution in [0.1, 0.15) is 24.0 Å². The molecule has 0 radical (unpaired) electrons. The number of hydrogen-bond acceptors (Lipinski definition) is 7. The molecular formula is C18H17F3NO7P. The van der Waals surface area contributed by atoms with Gasteiger partial charge in [-0.2, -0.15) is 0 Å². The van der Waals surface area contributed by atoms with Crippen LogP contribution in [-0.2, 0) is 39.1 Å². The fraction of sp³-hybridized carbons (Fsp3) is 0.444. The first kappa shape index (κ1) is 21.2. The van der Waals surface area contributed by atoms with Gasteiger partial charge in [0.15, 0.2) is 5.83 Å². The number of Topliss-reactive ketones (excluding diaryl/α,β-unsaturated/α-hetero) is 1. The van der Waals surface area contributed by atoms with E-state index < -0.39 is 74.0 Å². The number of phosphoric acid groups is 1. The molecule has 0 N–H and O–H groups in total. The van der Waals surface area contributed by atoms with Gasteiger partial charge in [0.25, 0.3) is 0 Å². The van der Waals surface area contributed by atoms with E-state index >= 15 is 0 Å². The van der Waals surface area contributed by atoms with E-state index in [1.165, 1.54) is 6.92 Å². The molecule has 4 rings (SSSR count). The highest BCUT2D eigenvalue weighted by atomic mass is 31.2. The first-order valence-corrected chi connectivity index (χ1v) is 10.5. The Labute approximate surface area is 169 Å². The fourth-order valence-electron chi connectivity index (χ4n) is 3.39. The normalized spacial score (nSPS) is 31.7. The maximum atomic E-state index is 13.9. The fourth-order valence-corrected chi connectivity index (χ4v) is 4.76. The molecule has 3 aliphatic rings. The number of amides is 1. The van der Waals surface area contributed by atoms with Gasteiger partial charge < -0.3 is 4.74 Å². The number of phosphoric ester groups is 1. The van der Waals surface area contributed by atoms with Crippen LogP contribution in [0.2, 0.25) is 0 Å². The molecule has 0 bridgehead atoms. The summed E-state index contributed by atoms with van der Waals surface area (Å²) in [6.07, 6.45) is -2.36. The number of rotatable bonds is 4. The number of nitrogens with zero attached hydrogens (tertiary/aromatic N) is 1. The highest BCUT2D eigenvalue weighted by molar-refractivity contribution is 7.48. The molecule has 1 aromatic rings. The Balaban J connectivity index is 1.42. The number of ketones is 1. The number of ether oxygens (including phenoxy) is 1. The van der Waals surface area contributed by atoms with Gasteiger partial charge in [0.05, 0.1) is 19.6 Å². The molecule has 1 aromatic carbocycles. The van der Waals surface area contributed by atoms with Crippen LogP contribution in [0.3, 0.4) is 0 Å². The monoisotopic (exact) mass is 447 g/mol. The van der Waals surface area contributed by atoms with Crippen molar-refractivity contribution < 1.29 is 45.6 Å². The SMILES string of the molecule is Cc1cc(F)c(CO[P@@]2(=O)OC[C@H]3O[C@@H](N4C=C(F)C(=O)CC4=O)C[C@@H]3O2)c(F)c1. The van der Waals surface area contributed by atoms with E-state index in [0.717, 1.165) is 23.2 Å². The molecule has 0 saturated carbocycles. The number of fused-ring (bicyclic) bond motifs is 1. The first-order valence-electron chi connectivity index (χ1n) is 9.04. The third-order valence-corrected chi connectivity index (χ3v) is 6.36. The minimum Gasteiger partial charge on any atom is -0.349 e. The molecule has 162 valence electrons. The smallest absolute Gasteiger partial charge is 0.349 e. The van der Waals surface area contributed by atoms with Crippen molar-refractivity contribution in [1.29, 1.82) is 0 Å². The highest BCUT2D eigenvalue weighted by Gasteiger charge is 2.49. The molecule has 0 spiro atoms. The van der Waals surface area contributed by atoms with E-state index in [9.17, 15) is 27.3 Å². The van der Waals surface area contributed by atoms with Crippen molar-refractivity contribution in [2.24, 2.45) is 0 Å². The van der Waals surface area contributed by atoms with Crippen molar-refractivity contribution in [3.63, 3.8) is 0 Å². The Morgan fingerprint density at radius 1 is 1.20 bits per heavy atom. The second kappa shape index (κ2) is 7.90. The lowest BCUT2D eigenvalue weighted by Gasteiger charge is -2.30. The lowest BCUT2D eigenvalue weighted by molar-refractivity contribution is -0.146. The van der Waals surface area contributed by atoms with Crippen LogP contribution in [-0.4, -0.2) is 41.6 Å². The second-order valence-electron chi connectivity index (χ2n) is 7.11. The third-order valence-electron chi connectivity index (χ3n) is 4.92. The van der Waals surface area contributed by atoms with Crippen molar-refractivity contribution >= 4 is 19.5 Å². The molecule has 8 nitrogen and oxygen atoms in total. The molecule has 30 heavy (non-hydrogen) atoms. The summed E-state index contributed by atoms with van der Waals surface area (Å²) in [5.41, 5.74) is -0.0446. The molecule has 12 heteroatoms. The second-order valence-corrected chi connectivity index (χ2v) is 8.73. The summed E-state index contributed by atoms with van der Waals surface area (Å²) < 4.78 is 75.3. The van der Waals surface area contributed by atoms with E-state index in [0.29, 0.717) is 5.56 Å². The topological polar surface area (TPSA) is 91.4 Å². The van der Waals surface area contributed by atoms with Crippen molar-refractivity contribution in [2.45, 2.75) is 44.8 Å². The van der Waals surface area contributed by atoms with Crippen LogP contribution >= 0.6 is 7.82 Å². The number of halogens is 3. The van der Waals surface area contributed by atoms with Gasteiger partial charge in [-0.05, 0) is 24.6 Å². The summed E-state index contributed by atoms with van der Waals surface area (Å²) in [6, 6.07) is 2.22. The van der Waals surface area contributed by atoms with Gasteiger partial charge in [-0.25, -0.2) is 17.7 Å². The molecule has 0 aromatic heterocycles. The maximum absolute atomic E-state index is 13.9. The Kier molecular flexibility index (Phi) is 5.58. The average molecular weight is 447 g/mol. The summed E-state index contributed by atoms with van der Waals surface area (Å²) in [4.78, 5) is 24.2. The first-order chi connectivity index (χ1) is 14.1. The zero-order chi connectivity index (χ0) is 21.6. The van der Waals surface area contributed by atoms with Crippen LogP contribution in [0, 0.1) is 18.6 Å². The summed E-state index contributed by atoms with van der Waals surface area (Å²) in [5.74, 6) is -4.34. The molecule has 0 unspecified atom stereocenters. The third kappa shape index (κ3) is 4.08. The number of allylic oxidation sites excluding steroid dienone is 1. The van der Waals surface area contributed by atoms with E-state index in [4.69, 9.17) is 18.3 Å². The molecule has 2 saturated heterocycles. The number of hydrogen-bond donors (Lipinski definition) is 0. The summed E-state index contributed by atoms with van der Waals surface area (Å²) in [5, 5.41) is 0. The van der Waals surface area contributed by atoms with E-state index in [1.54, 1.807) is 0 Å². The minimum atomic E-state index is -4.16. The zero-order valence-electron chi connectivity index (χ0n) is 15.7. The van der Waals surface area contributed by atoms with Crippen molar-refractivity contribution in [2.75, 3.05) is 6.61 Å². The predicted molar refractivity (Wildman–Crippen MR) is 93.3 cm³/mol. The van der Waals surface area contributed by atoms with Crippen LogP contribution in [0.4, 0.5) is 13.2 Å². The van der Waals surface area contributed by atoms with E-state index in [2.05, 4.69) is 0 Å². The van der Waals surface area contributed by atoms with Gasteiger partial charge in [-0.15, -0.1) is 0 Å². The molecular weight excluding hydrogens is 430 g/mol. The quantitative estimate of drug-likeness (QED) is 0.518. The van der Waals surface area contributed by atoms with E-state index in [-0.39, 0.29) is 13.0 Å². The largest absolute Gasteiger partial charge is 0.475 e. The van der Waals surface area contributed by atoms with E-state index in [1.807, 2.05) is 0 Å². The van der Waals surface area contributed by atoms with Crippen LogP contribution in [0.15, 0.2) is 24.2 Å². The van der Waals surface area contributed by atoms with Crippen LogP contribution < -0.4 is 0 Å².